The zero-order valence-corrected chi connectivity index (χ0v) is 13.1. The molecular weight excluding hydrogens is 286 g/mol. The van der Waals surface area contributed by atoms with Gasteiger partial charge in [-0.25, -0.2) is 4.98 Å². The first-order chi connectivity index (χ1) is 10.3. The number of aromatic nitrogens is 1. The number of nitrogens with zero attached hydrogens (tertiary/aromatic N) is 3. The largest absolute Gasteiger partial charge is 0.314 e. The van der Waals surface area contributed by atoms with E-state index in [4.69, 9.17) is 0 Å². The number of carbonyl (C=O) groups excluding carboxylic acids is 1. The summed E-state index contributed by atoms with van der Waals surface area (Å²) in [5, 5.41) is 8.99. The second-order valence-corrected chi connectivity index (χ2v) is 6.56. The van der Waals surface area contributed by atoms with Gasteiger partial charge in [-0.3, -0.25) is 14.6 Å². The molecule has 7 heteroatoms. The van der Waals surface area contributed by atoms with Gasteiger partial charge in [-0.15, -0.1) is 11.3 Å². The molecule has 116 valence electrons. The molecule has 0 aliphatic carbocycles. The average molecular weight is 309 g/mol. The molecule has 2 aliphatic rings. The smallest absolute Gasteiger partial charge is 0.240 e. The van der Waals surface area contributed by atoms with E-state index in [1.54, 1.807) is 0 Å². The molecule has 0 bridgehead atoms. The van der Waals surface area contributed by atoms with Crippen molar-refractivity contribution in [2.45, 2.75) is 19.4 Å². The SMILES string of the molecule is O=C(CN1CCNCC1)Nc1nc(CN2CCCC2)cs1. The van der Waals surface area contributed by atoms with E-state index < -0.39 is 0 Å². The molecule has 2 N–H and O–H groups in total. The van der Waals surface area contributed by atoms with Crippen LogP contribution in [0.2, 0.25) is 0 Å². The lowest BCUT2D eigenvalue weighted by Gasteiger charge is -2.26. The lowest BCUT2D eigenvalue weighted by Crippen LogP contribution is -2.46. The maximum absolute atomic E-state index is 12.0. The molecule has 0 unspecified atom stereocenters. The van der Waals surface area contributed by atoms with E-state index in [1.807, 2.05) is 0 Å². The minimum absolute atomic E-state index is 0.0407. The number of carbonyl (C=O) groups is 1. The molecule has 0 atom stereocenters. The number of likely N-dealkylation sites (tertiary alicyclic amines) is 1. The number of rotatable bonds is 5. The van der Waals surface area contributed by atoms with E-state index in [2.05, 4.69) is 30.8 Å². The van der Waals surface area contributed by atoms with Crippen LogP contribution in [0.3, 0.4) is 0 Å². The van der Waals surface area contributed by atoms with Gasteiger partial charge in [0.25, 0.3) is 0 Å². The number of piperazine rings is 1. The van der Waals surface area contributed by atoms with Crippen LogP contribution in [0.15, 0.2) is 5.38 Å². The third kappa shape index (κ3) is 4.47. The summed E-state index contributed by atoms with van der Waals surface area (Å²) in [7, 11) is 0. The first kappa shape index (κ1) is 14.9. The Balaban J connectivity index is 1.45. The average Bonchev–Trinajstić information content (AvgIpc) is 3.13. The molecule has 0 spiro atoms. The van der Waals surface area contributed by atoms with Crippen molar-refractivity contribution in [3.8, 4) is 0 Å². The topological polar surface area (TPSA) is 60.5 Å². The highest BCUT2D eigenvalue weighted by Gasteiger charge is 2.16. The highest BCUT2D eigenvalue weighted by molar-refractivity contribution is 7.13. The Morgan fingerprint density at radius 3 is 2.76 bits per heavy atom. The molecule has 1 amide bonds. The Morgan fingerprint density at radius 1 is 1.24 bits per heavy atom. The molecule has 0 radical (unpaired) electrons. The van der Waals surface area contributed by atoms with Crippen molar-refractivity contribution >= 4 is 22.4 Å². The van der Waals surface area contributed by atoms with Crippen LogP contribution >= 0.6 is 11.3 Å². The molecule has 2 aliphatic heterocycles. The van der Waals surface area contributed by atoms with Crippen LogP contribution in [0.5, 0.6) is 0 Å². The quantitative estimate of drug-likeness (QED) is 0.833. The standard InChI is InChI=1S/C14H23N5OS/c20-13(10-19-7-3-15-4-8-19)17-14-16-12(11-21-14)9-18-5-1-2-6-18/h11,15H,1-10H2,(H,16,17,20). The van der Waals surface area contributed by atoms with Crippen molar-refractivity contribution in [2.75, 3.05) is 51.1 Å². The molecule has 1 aromatic heterocycles. The molecule has 3 heterocycles. The van der Waals surface area contributed by atoms with E-state index in [0.29, 0.717) is 6.54 Å². The van der Waals surface area contributed by atoms with Gasteiger partial charge in [0.15, 0.2) is 5.13 Å². The van der Waals surface area contributed by atoms with Gasteiger partial charge < -0.3 is 10.6 Å². The predicted octanol–water partition coefficient (Wildman–Crippen LogP) is 0.583. The van der Waals surface area contributed by atoms with Crippen molar-refractivity contribution in [2.24, 2.45) is 0 Å². The highest BCUT2D eigenvalue weighted by atomic mass is 32.1. The number of nitrogens with one attached hydrogen (secondary N) is 2. The van der Waals surface area contributed by atoms with Gasteiger partial charge in [-0.05, 0) is 25.9 Å². The fourth-order valence-electron chi connectivity index (χ4n) is 2.84. The number of anilines is 1. The van der Waals surface area contributed by atoms with E-state index in [1.165, 1.54) is 37.3 Å². The monoisotopic (exact) mass is 309 g/mol. The fourth-order valence-corrected chi connectivity index (χ4v) is 3.56. The number of thiazole rings is 1. The Labute approximate surface area is 129 Å². The maximum atomic E-state index is 12.0. The number of hydrogen-bond acceptors (Lipinski definition) is 6. The zero-order valence-electron chi connectivity index (χ0n) is 12.3. The van der Waals surface area contributed by atoms with Crippen molar-refractivity contribution < 1.29 is 4.79 Å². The van der Waals surface area contributed by atoms with Gasteiger partial charge in [-0.1, -0.05) is 0 Å². The molecule has 2 saturated heterocycles. The number of hydrogen-bond donors (Lipinski definition) is 2. The van der Waals surface area contributed by atoms with Crippen LogP contribution in [-0.4, -0.2) is 66.5 Å². The fraction of sp³-hybridized carbons (Fsp3) is 0.714. The summed E-state index contributed by atoms with van der Waals surface area (Å²) in [6, 6.07) is 0. The summed E-state index contributed by atoms with van der Waals surface area (Å²) in [6.07, 6.45) is 2.58. The minimum atomic E-state index is 0.0407. The summed E-state index contributed by atoms with van der Waals surface area (Å²) in [4.78, 5) is 21.1. The summed E-state index contributed by atoms with van der Waals surface area (Å²) in [5.74, 6) is 0.0407. The van der Waals surface area contributed by atoms with Gasteiger partial charge in [0, 0.05) is 38.1 Å². The van der Waals surface area contributed by atoms with Crippen LogP contribution < -0.4 is 10.6 Å². The van der Waals surface area contributed by atoms with E-state index >= 15 is 0 Å². The summed E-state index contributed by atoms with van der Waals surface area (Å²) in [5.41, 5.74) is 1.07. The van der Waals surface area contributed by atoms with Crippen LogP contribution in [0.1, 0.15) is 18.5 Å². The molecule has 6 nitrogen and oxygen atoms in total. The van der Waals surface area contributed by atoms with Crippen LogP contribution in [0.25, 0.3) is 0 Å². The van der Waals surface area contributed by atoms with E-state index in [9.17, 15) is 4.79 Å². The first-order valence-electron chi connectivity index (χ1n) is 7.69. The molecular formula is C14H23N5OS. The van der Waals surface area contributed by atoms with Crippen molar-refractivity contribution in [3.63, 3.8) is 0 Å². The Morgan fingerprint density at radius 2 is 2.00 bits per heavy atom. The van der Waals surface area contributed by atoms with Crippen molar-refractivity contribution in [1.29, 1.82) is 0 Å². The molecule has 0 aromatic carbocycles. The van der Waals surface area contributed by atoms with Crippen LogP contribution in [-0.2, 0) is 11.3 Å². The molecule has 1 aromatic rings. The van der Waals surface area contributed by atoms with Crippen molar-refractivity contribution in [1.82, 2.24) is 20.1 Å². The zero-order chi connectivity index (χ0) is 14.5. The second kappa shape index (κ2) is 7.31. The highest BCUT2D eigenvalue weighted by Crippen LogP contribution is 2.18. The summed E-state index contributed by atoms with van der Waals surface area (Å²) in [6.45, 7) is 7.50. The summed E-state index contributed by atoms with van der Waals surface area (Å²) >= 11 is 1.52. The molecule has 2 fully saturated rings. The van der Waals surface area contributed by atoms with Gasteiger partial charge in [-0.2, -0.15) is 0 Å². The van der Waals surface area contributed by atoms with Gasteiger partial charge in [0.2, 0.25) is 5.91 Å². The third-order valence-electron chi connectivity index (χ3n) is 3.96. The lowest BCUT2D eigenvalue weighted by molar-refractivity contribution is -0.117. The van der Waals surface area contributed by atoms with Gasteiger partial charge in [0.1, 0.15) is 0 Å². The third-order valence-corrected chi connectivity index (χ3v) is 4.77. The Bertz CT molecular complexity index is 466. The molecule has 0 saturated carbocycles. The minimum Gasteiger partial charge on any atom is -0.314 e. The van der Waals surface area contributed by atoms with Crippen molar-refractivity contribution in [3.05, 3.63) is 11.1 Å². The van der Waals surface area contributed by atoms with Crippen LogP contribution in [0.4, 0.5) is 5.13 Å². The first-order valence-corrected chi connectivity index (χ1v) is 8.57. The normalized spacial score (nSPS) is 20.8. The summed E-state index contributed by atoms with van der Waals surface area (Å²) < 4.78 is 0. The molecule has 21 heavy (non-hydrogen) atoms. The second-order valence-electron chi connectivity index (χ2n) is 5.70. The Kier molecular flexibility index (Phi) is 5.18. The van der Waals surface area contributed by atoms with Crippen LogP contribution in [0, 0.1) is 0 Å². The predicted molar refractivity (Wildman–Crippen MR) is 84.6 cm³/mol. The Hall–Kier alpha value is -1.02. The van der Waals surface area contributed by atoms with E-state index in [0.717, 1.165) is 43.5 Å². The molecule has 3 rings (SSSR count). The lowest BCUT2D eigenvalue weighted by atomic mass is 10.3. The van der Waals surface area contributed by atoms with Gasteiger partial charge >= 0.3 is 0 Å². The number of amides is 1. The maximum Gasteiger partial charge on any atom is 0.240 e. The van der Waals surface area contributed by atoms with E-state index in [-0.39, 0.29) is 5.91 Å². The van der Waals surface area contributed by atoms with Gasteiger partial charge in [0.05, 0.1) is 12.2 Å².